The number of alkyl halides is 2. The fraction of sp³-hybridized carbons (Fsp3) is 1.00. The van der Waals surface area contributed by atoms with Crippen LogP contribution < -0.4 is 0 Å². The summed E-state index contributed by atoms with van der Waals surface area (Å²) in [6.45, 7) is 2.30. The lowest BCUT2D eigenvalue weighted by molar-refractivity contribution is 0.594. The van der Waals surface area contributed by atoms with E-state index in [2.05, 4.69) is 52.1 Å². The molecule has 0 aromatic carbocycles. The fourth-order valence-electron chi connectivity index (χ4n) is 1.23. The van der Waals surface area contributed by atoms with Crippen molar-refractivity contribution in [3.8, 4) is 0 Å². The van der Waals surface area contributed by atoms with Crippen molar-refractivity contribution >= 4 is 45.2 Å². The highest BCUT2D eigenvalue weighted by molar-refractivity contribution is 14.1. The summed E-state index contributed by atoms with van der Waals surface area (Å²) in [5.74, 6) is 0. The van der Waals surface area contributed by atoms with E-state index >= 15 is 0 Å². The number of hydrogen-bond donors (Lipinski definition) is 0. The molecule has 0 saturated carbocycles. The van der Waals surface area contributed by atoms with Crippen LogP contribution in [0.2, 0.25) is 0 Å². The van der Waals surface area contributed by atoms with Gasteiger partial charge in [-0.15, -0.1) is 0 Å². The summed E-state index contributed by atoms with van der Waals surface area (Å²) in [4.78, 5) is 0. The number of unbranched alkanes of at least 4 members (excludes halogenated alkanes) is 5. The Hall–Kier alpha value is 1.46. The maximum absolute atomic E-state index is 2.52. The highest BCUT2D eigenvalue weighted by atomic mass is 127. The quantitative estimate of drug-likeness (QED) is 0.310. The third kappa shape index (κ3) is 11.5. The smallest absolute Gasteiger partial charge is 0.00813 e. The van der Waals surface area contributed by atoms with Crippen molar-refractivity contribution in [3.63, 3.8) is 0 Å². The monoisotopic (exact) mass is 394 g/mol. The maximum Gasteiger partial charge on any atom is 0.00813 e. The van der Waals surface area contributed by atoms with Gasteiger partial charge in [0.1, 0.15) is 0 Å². The molecule has 0 aliphatic carbocycles. The van der Waals surface area contributed by atoms with Crippen LogP contribution in [0.3, 0.4) is 0 Å². The van der Waals surface area contributed by atoms with E-state index in [1.165, 1.54) is 49.4 Å². The van der Waals surface area contributed by atoms with Crippen molar-refractivity contribution in [1.82, 2.24) is 0 Å². The van der Waals surface area contributed by atoms with Crippen LogP contribution in [-0.2, 0) is 0 Å². The second-order valence-corrected chi connectivity index (χ2v) is 6.58. The molecule has 0 amide bonds. The number of halogens is 2. The minimum atomic E-state index is 0.872. The van der Waals surface area contributed by atoms with Crippen LogP contribution in [0, 0.1) is 0 Å². The van der Waals surface area contributed by atoms with Crippen LogP contribution in [0.5, 0.6) is 0 Å². The molecule has 0 fully saturated rings. The Balaban J connectivity index is 2.82. The van der Waals surface area contributed by atoms with E-state index in [0.717, 1.165) is 3.92 Å². The molecule has 0 heterocycles. The molecular formula is C10H20I2. The zero-order valence-corrected chi connectivity index (χ0v) is 12.3. The minimum absolute atomic E-state index is 0.872. The molecule has 1 atom stereocenters. The van der Waals surface area contributed by atoms with E-state index in [4.69, 9.17) is 0 Å². The largest absolute Gasteiger partial charge is 0.0864 e. The first kappa shape index (κ1) is 13.5. The van der Waals surface area contributed by atoms with Crippen molar-refractivity contribution < 1.29 is 0 Å². The molecule has 0 rings (SSSR count). The van der Waals surface area contributed by atoms with Crippen molar-refractivity contribution in [3.05, 3.63) is 0 Å². The Morgan fingerprint density at radius 1 is 0.917 bits per heavy atom. The zero-order valence-electron chi connectivity index (χ0n) is 7.99. The van der Waals surface area contributed by atoms with Gasteiger partial charge in [-0.1, -0.05) is 84.2 Å². The zero-order chi connectivity index (χ0) is 9.23. The lowest BCUT2D eigenvalue weighted by atomic mass is 10.1. The summed E-state index contributed by atoms with van der Waals surface area (Å²) < 4.78 is 2.21. The minimum Gasteiger partial charge on any atom is -0.0864 e. The molecule has 2 heteroatoms. The molecule has 0 spiro atoms. The molecule has 0 saturated heterocycles. The van der Waals surface area contributed by atoms with Crippen LogP contribution in [0.25, 0.3) is 0 Å². The highest BCUT2D eigenvalue weighted by Crippen LogP contribution is 2.12. The van der Waals surface area contributed by atoms with E-state index in [1.807, 2.05) is 0 Å². The Kier molecular flexibility index (Phi) is 11.8. The van der Waals surface area contributed by atoms with Crippen LogP contribution in [-0.4, -0.2) is 8.35 Å². The predicted octanol–water partition coefficient (Wildman–Crippen LogP) is 4.98. The van der Waals surface area contributed by atoms with Gasteiger partial charge in [0.05, 0.1) is 0 Å². The lowest BCUT2D eigenvalue weighted by Gasteiger charge is -2.02. The molecule has 0 bridgehead atoms. The van der Waals surface area contributed by atoms with Crippen LogP contribution in [0.1, 0.15) is 51.9 Å². The van der Waals surface area contributed by atoms with Gasteiger partial charge in [-0.05, 0) is 17.3 Å². The average molecular weight is 394 g/mol. The van der Waals surface area contributed by atoms with Crippen molar-refractivity contribution in [2.75, 3.05) is 4.43 Å². The summed E-state index contributed by atoms with van der Waals surface area (Å²) in [6.07, 6.45) is 10.1. The molecule has 0 aliphatic heterocycles. The van der Waals surface area contributed by atoms with Crippen LogP contribution >= 0.6 is 45.2 Å². The highest BCUT2D eigenvalue weighted by Gasteiger charge is 1.95. The topological polar surface area (TPSA) is 0 Å². The average Bonchev–Trinajstić information content (AvgIpc) is 2.02. The Morgan fingerprint density at radius 2 is 1.42 bits per heavy atom. The van der Waals surface area contributed by atoms with Crippen molar-refractivity contribution in [2.24, 2.45) is 0 Å². The van der Waals surface area contributed by atoms with Gasteiger partial charge in [-0.3, -0.25) is 0 Å². The molecule has 0 aromatic rings. The first-order valence-corrected chi connectivity index (χ1v) is 7.74. The van der Waals surface area contributed by atoms with Crippen LogP contribution in [0.15, 0.2) is 0 Å². The van der Waals surface area contributed by atoms with Gasteiger partial charge in [0.15, 0.2) is 0 Å². The van der Waals surface area contributed by atoms with Gasteiger partial charge in [-0.25, -0.2) is 0 Å². The summed E-state index contributed by atoms with van der Waals surface area (Å²) in [6, 6.07) is 0. The molecule has 0 nitrogen and oxygen atoms in total. The molecule has 1 unspecified atom stereocenters. The summed E-state index contributed by atoms with van der Waals surface area (Å²) in [5, 5.41) is 0. The Morgan fingerprint density at radius 3 is 1.92 bits per heavy atom. The normalized spacial score (nSPS) is 13.2. The van der Waals surface area contributed by atoms with Crippen molar-refractivity contribution in [2.45, 2.75) is 55.8 Å². The summed E-state index contributed by atoms with van der Waals surface area (Å²) >= 11 is 4.98. The second kappa shape index (κ2) is 10.5. The molecule has 12 heavy (non-hydrogen) atoms. The van der Waals surface area contributed by atoms with Crippen molar-refractivity contribution in [1.29, 1.82) is 0 Å². The number of hydrogen-bond acceptors (Lipinski definition) is 0. The SMILES string of the molecule is CC(I)CCCCCCCCI. The molecular weight excluding hydrogens is 374 g/mol. The van der Waals surface area contributed by atoms with E-state index in [0.29, 0.717) is 0 Å². The third-order valence-corrected chi connectivity index (χ3v) is 3.37. The summed E-state index contributed by atoms with van der Waals surface area (Å²) in [5.41, 5.74) is 0. The Bertz CT molecular complexity index is 81.9. The first-order valence-electron chi connectivity index (χ1n) is 4.97. The summed E-state index contributed by atoms with van der Waals surface area (Å²) in [7, 11) is 0. The van der Waals surface area contributed by atoms with E-state index in [-0.39, 0.29) is 0 Å². The van der Waals surface area contributed by atoms with Gasteiger partial charge < -0.3 is 0 Å². The number of rotatable bonds is 8. The molecule has 0 aliphatic rings. The fourth-order valence-corrected chi connectivity index (χ4v) is 2.21. The van der Waals surface area contributed by atoms with Gasteiger partial charge in [-0.2, -0.15) is 0 Å². The molecule has 0 radical (unpaired) electrons. The predicted molar refractivity (Wildman–Crippen MR) is 74.7 cm³/mol. The van der Waals surface area contributed by atoms with E-state index < -0.39 is 0 Å². The molecule has 74 valence electrons. The van der Waals surface area contributed by atoms with Gasteiger partial charge >= 0.3 is 0 Å². The maximum atomic E-state index is 2.52. The Labute approximate surface area is 105 Å². The molecule has 0 aromatic heterocycles. The third-order valence-electron chi connectivity index (χ3n) is 1.99. The first-order chi connectivity index (χ1) is 5.77. The van der Waals surface area contributed by atoms with E-state index in [1.54, 1.807) is 0 Å². The van der Waals surface area contributed by atoms with Crippen LogP contribution in [0.4, 0.5) is 0 Å². The second-order valence-electron chi connectivity index (χ2n) is 3.38. The van der Waals surface area contributed by atoms with E-state index in [9.17, 15) is 0 Å². The molecule has 0 N–H and O–H groups in total. The lowest BCUT2D eigenvalue weighted by Crippen LogP contribution is -1.89. The van der Waals surface area contributed by atoms with Gasteiger partial charge in [0.2, 0.25) is 0 Å². The van der Waals surface area contributed by atoms with Gasteiger partial charge in [0.25, 0.3) is 0 Å². The standard InChI is InChI=1S/C10H20I2/c1-10(12)8-6-4-2-3-5-7-9-11/h10H,2-9H2,1H3. The van der Waals surface area contributed by atoms with Gasteiger partial charge in [0, 0.05) is 3.92 Å².